The molecule has 0 spiro atoms. The van der Waals surface area contributed by atoms with Crippen LogP contribution in [0.4, 0.5) is 0 Å². The van der Waals surface area contributed by atoms with Crippen molar-refractivity contribution >= 4 is 6.08 Å². The number of hydrogen-bond acceptors (Lipinski definition) is 1. The van der Waals surface area contributed by atoms with Gasteiger partial charge < -0.3 is 5.32 Å². The molecule has 1 nitrogen and oxygen atoms in total. The number of nitrogens with one attached hydrogen (secondary N) is 1. The Labute approximate surface area is 92.2 Å². The van der Waals surface area contributed by atoms with E-state index in [2.05, 4.69) is 48.7 Å². The van der Waals surface area contributed by atoms with E-state index >= 15 is 0 Å². The molecule has 1 saturated heterocycles. The molecule has 1 aromatic carbocycles. The fourth-order valence-corrected chi connectivity index (χ4v) is 2.05. The summed E-state index contributed by atoms with van der Waals surface area (Å²) in [6, 6.07) is 8.56. The van der Waals surface area contributed by atoms with Crippen LogP contribution in [-0.2, 0) is 0 Å². The van der Waals surface area contributed by atoms with Crippen LogP contribution in [0.3, 0.4) is 0 Å². The largest absolute Gasteiger partial charge is 0.317 e. The molecule has 0 bridgehead atoms. The average molecular weight is 201 g/mol. The van der Waals surface area contributed by atoms with E-state index in [4.69, 9.17) is 0 Å². The van der Waals surface area contributed by atoms with Gasteiger partial charge in [0.05, 0.1) is 0 Å². The topological polar surface area (TPSA) is 12.0 Å². The van der Waals surface area contributed by atoms with Crippen LogP contribution in [0.1, 0.15) is 24.0 Å². The molecule has 15 heavy (non-hydrogen) atoms. The van der Waals surface area contributed by atoms with Crippen LogP contribution in [0.15, 0.2) is 30.3 Å². The highest BCUT2D eigenvalue weighted by molar-refractivity contribution is 5.53. The Balaban J connectivity index is 2.01. The number of hydrogen-bond donors (Lipinski definition) is 1. The Kier molecular flexibility index (Phi) is 3.57. The first-order valence-electron chi connectivity index (χ1n) is 5.81. The zero-order chi connectivity index (χ0) is 10.5. The van der Waals surface area contributed by atoms with E-state index in [-0.39, 0.29) is 0 Å². The van der Waals surface area contributed by atoms with Crippen molar-refractivity contribution < 1.29 is 0 Å². The van der Waals surface area contributed by atoms with Crippen molar-refractivity contribution in [2.75, 3.05) is 13.1 Å². The third-order valence-corrected chi connectivity index (χ3v) is 3.12. The Morgan fingerprint density at radius 2 is 1.93 bits per heavy atom. The highest BCUT2D eigenvalue weighted by Gasteiger charge is 2.08. The number of rotatable bonds is 2. The summed E-state index contributed by atoms with van der Waals surface area (Å²) in [7, 11) is 0. The van der Waals surface area contributed by atoms with Crippen molar-refractivity contribution in [1.29, 1.82) is 0 Å². The minimum Gasteiger partial charge on any atom is -0.317 e. The van der Waals surface area contributed by atoms with E-state index < -0.39 is 0 Å². The average Bonchev–Trinajstić information content (AvgIpc) is 2.29. The first kappa shape index (κ1) is 10.4. The third kappa shape index (κ3) is 2.93. The lowest BCUT2D eigenvalue weighted by Crippen LogP contribution is -2.26. The number of allylic oxidation sites excluding steroid dienone is 1. The van der Waals surface area contributed by atoms with Gasteiger partial charge in [-0.05, 0) is 49.9 Å². The van der Waals surface area contributed by atoms with Gasteiger partial charge >= 0.3 is 0 Å². The highest BCUT2D eigenvalue weighted by atomic mass is 14.9. The fourth-order valence-electron chi connectivity index (χ4n) is 2.05. The standard InChI is InChI=1S/C14H19N/c1-12-4-2-3-5-14(12)7-6-13-8-10-15-11-9-13/h2-7,13,15H,8-11H2,1H3/b7-6-. The molecule has 0 amide bonds. The molecule has 0 radical (unpaired) electrons. The third-order valence-electron chi connectivity index (χ3n) is 3.12. The molecular formula is C14H19N. The van der Waals surface area contributed by atoms with Crippen LogP contribution < -0.4 is 5.32 Å². The maximum atomic E-state index is 3.39. The van der Waals surface area contributed by atoms with Crippen molar-refractivity contribution in [2.45, 2.75) is 19.8 Å². The van der Waals surface area contributed by atoms with E-state index in [1.807, 2.05) is 0 Å². The van der Waals surface area contributed by atoms with E-state index in [1.165, 1.54) is 37.1 Å². The number of aryl methyl sites for hydroxylation is 1. The van der Waals surface area contributed by atoms with Crippen molar-refractivity contribution in [2.24, 2.45) is 5.92 Å². The SMILES string of the molecule is Cc1ccccc1/C=C\C1CCNCC1. The van der Waals surface area contributed by atoms with E-state index in [0.29, 0.717) is 0 Å². The second-order valence-corrected chi connectivity index (χ2v) is 4.30. The zero-order valence-electron chi connectivity index (χ0n) is 9.37. The smallest absolute Gasteiger partial charge is 0.00433 e. The minimum absolute atomic E-state index is 0.769. The summed E-state index contributed by atoms with van der Waals surface area (Å²) < 4.78 is 0. The normalized spacial score (nSPS) is 18.5. The number of piperidine rings is 1. The summed E-state index contributed by atoms with van der Waals surface area (Å²) in [5, 5.41) is 3.39. The van der Waals surface area contributed by atoms with Gasteiger partial charge in [-0.1, -0.05) is 36.4 Å². The molecule has 80 valence electrons. The molecule has 1 N–H and O–H groups in total. The Bertz CT molecular complexity index is 335. The summed E-state index contributed by atoms with van der Waals surface area (Å²) in [5.74, 6) is 0.769. The van der Waals surface area contributed by atoms with Crippen molar-refractivity contribution in [3.8, 4) is 0 Å². The second kappa shape index (κ2) is 5.13. The van der Waals surface area contributed by atoms with E-state index in [9.17, 15) is 0 Å². The molecule has 1 heteroatoms. The van der Waals surface area contributed by atoms with Crippen molar-refractivity contribution in [3.63, 3.8) is 0 Å². The molecule has 0 atom stereocenters. The molecule has 0 aliphatic carbocycles. The van der Waals surface area contributed by atoms with Gasteiger partial charge in [-0.2, -0.15) is 0 Å². The lowest BCUT2D eigenvalue weighted by molar-refractivity contribution is 0.438. The van der Waals surface area contributed by atoms with Crippen LogP contribution in [0.5, 0.6) is 0 Å². The van der Waals surface area contributed by atoms with Gasteiger partial charge in [0.25, 0.3) is 0 Å². The van der Waals surface area contributed by atoms with Gasteiger partial charge in [0, 0.05) is 0 Å². The maximum absolute atomic E-state index is 3.39. The Hall–Kier alpha value is -1.08. The molecule has 0 saturated carbocycles. The molecule has 1 aliphatic rings. The highest BCUT2D eigenvalue weighted by Crippen LogP contribution is 2.16. The molecule has 2 rings (SSSR count). The van der Waals surface area contributed by atoms with Crippen LogP contribution in [-0.4, -0.2) is 13.1 Å². The predicted octanol–water partition coefficient (Wildman–Crippen LogP) is 3.01. The zero-order valence-corrected chi connectivity index (χ0v) is 9.37. The van der Waals surface area contributed by atoms with Crippen molar-refractivity contribution in [1.82, 2.24) is 5.32 Å². The van der Waals surface area contributed by atoms with Gasteiger partial charge in [0.2, 0.25) is 0 Å². The molecule has 1 aromatic rings. The first-order valence-corrected chi connectivity index (χ1v) is 5.81. The van der Waals surface area contributed by atoms with E-state index in [1.54, 1.807) is 0 Å². The number of benzene rings is 1. The van der Waals surface area contributed by atoms with Gasteiger partial charge in [-0.15, -0.1) is 0 Å². The second-order valence-electron chi connectivity index (χ2n) is 4.30. The molecule has 1 fully saturated rings. The lowest BCUT2D eigenvalue weighted by atomic mass is 9.96. The summed E-state index contributed by atoms with van der Waals surface area (Å²) in [6.45, 7) is 4.51. The molecule has 1 aliphatic heterocycles. The van der Waals surface area contributed by atoms with Gasteiger partial charge in [-0.3, -0.25) is 0 Å². The monoisotopic (exact) mass is 201 g/mol. The van der Waals surface area contributed by atoms with E-state index in [0.717, 1.165) is 5.92 Å². The van der Waals surface area contributed by atoms with Crippen LogP contribution in [0.25, 0.3) is 6.08 Å². The summed E-state index contributed by atoms with van der Waals surface area (Å²) in [4.78, 5) is 0. The van der Waals surface area contributed by atoms with Gasteiger partial charge in [0.1, 0.15) is 0 Å². The Morgan fingerprint density at radius 1 is 1.20 bits per heavy atom. The molecular weight excluding hydrogens is 182 g/mol. The predicted molar refractivity (Wildman–Crippen MR) is 65.8 cm³/mol. The van der Waals surface area contributed by atoms with Crippen molar-refractivity contribution in [3.05, 3.63) is 41.5 Å². The quantitative estimate of drug-likeness (QED) is 0.775. The fraction of sp³-hybridized carbons (Fsp3) is 0.429. The summed E-state index contributed by atoms with van der Waals surface area (Å²) in [5.41, 5.74) is 2.72. The molecule has 0 unspecified atom stereocenters. The van der Waals surface area contributed by atoms with Crippen LogP contribution in [0.2, 0.25) is 0 Å². The molecule has 0 aromatic heterocycles. The Morgan fingerprint density at radius 3 is 2.67 bits per heavy atom. The van der Waals surface area contributed by atoms with Crippen LogP contribution in [0, 0.1) is 12.8 Å². The summed E-state index contributed by atoms with van der Waals surface area (Å²) in [6.07, 6.45) is 7.22. The minimum atomic E-state index is 0.769. The van der Waals surface area contributed by atoms with Crippen LogP contribution >= 0.6 is 0 Å². The first-order chi connectivity index (χ1) is 7.36. The van der Waals surface area contributed by atoms with Gasteiger partial charge in [0.15, 0.2) is 0 Å². The molecule has 1 heterocycles. The maximum Gasteiger partial charge on any atom is -0.00433 e. The lowest BCUT2D eigenvalue weighted by Gasteiger charge is -2.19. The van der Waals surface area contributed by atoms with Gasteiger partial charge in [-0.25, -0.2) is 0 Å². The summed E-state index contributed by atoms with van der Waals surface area (Å²) >= 11 is 0.